The predicted octanol–water partition coefficient (Wildman–Crippen LogP) is 4.08. The van der Waals surface area contributed by atoms with Gasteiger partial charge in [-0.05, 0) is 36.3 Å². The van der Waals surface area contributed by atoms with Crippen molar-refractivity contribution in [2.45, 2.75) is 19.3 Å². The molecule has 0 aliphatic heterocycles. The molecule has 3 aromatic rings. The summed E-state index contributed by atoms with van der Waals surface area (Å²) >= 11 is 0. The Morgan fingerprint density at radius 3 is 2.96 bits per heavy atom. The third-order valence-corrected chi connectivity index (χ3v) is 6.51. The summed E-state index contributed by atoms with van der Waals surface area (Å²) in [5.74, 6) is 0.190. The second-order valence-electron chi connectivity index (χ2n) is 6.03. The molecule has 0 bridgehead atoms. The Labute approximate surface area is 140 Å². The summed E-state index contributed by atoms with van der Waals surface area (Å²) in [6.45, 7) is 1.69. The van der Waals surface area contributed by atoms with Gasteiger partial charge in [-0.3, -0.25) is 0 Å². The molecular formula is C19H18N2O2S. The first-order valence-corrected chi connectivity index (χ1v) is 9.71. The highest BCUT2D eigenvalue weighted by Gasteiger charge is 2.24. The quantitative estimate of drug-likeness (QED) is 0.783. The fraction of sp³-hybridized carbons (Fsp3) is 0.211. The molecule has 0 saturated carbocycles. The predicted molar refractivity (Wildman–Crippen MR) is 97.6 cm³/mol. The number of aromatic amines is 1. The van der Waals surface area contributed by atoms with Crippen LogP contribution < -0.4 is 0 Å². The number of nitrogens with zero attached hydrogens (tertiary/aromatic N) is 1. The molecule has 2 heterocycles. The maximum absolute atomic E-state index is 12.2. The van der Waals surface area contributed by atoms with E-state index in [9.17, 15) is 8.42 Å². The van der Waals surface area contributed by atoms with Crippen molar-refractivity contribution >= 4 is 31.8 Å². The molecule has 4 nitrogen and oxygen atoms in total. The topological polar surface area (TPSA) is 62.8 Å². The number of allylic oxidation sites excluding steroid dienone is 4. The molecular weight excluding hydrogens is 320 g/mol. The molecule has 5 heteroatoms. The van der Waals surface area contributed by atoms with Crippen LogP contribution in [0.4, 0.5) is 0 Å². The fourth-order valence-corrected chi connectivity index (χ4v) is 4.49. The highest BCUT2D eigenvalue weighted by Crippen LogP contribution is 2.37. The molecule has 1 N–H and O–H groups in total. The lowest BCUT2D eigenvalue weighted by Gasteiger charge is -2.19. The molecule has 2 aromatic heterocycles. The van der Waals surface area contributed by atoms with E-state index < -0.39 is 9.84 Å². The second-order valence-corrected chi connectivity index (χ2v) is 8.36. The van der Waals surface area contributed by atoms with Gasteiger partial charge in [0.2, 0.25) is 0 Å². The highest BCUT2D eigenvalue weighted by molar-refractivity contribution is 7.95. The molecule has 0 fully saturated rings. The molecule has 1 aliphatic carbocycles. The summed E-state index contributed by atoms with van der Waals surface area (Å²) in [5, 5.41) is 2.20. The molecule has 0 spiro atoms. The molecule has 1 aromatic carbocycles. The highest BCUT2D eigenvalue weighted by atomic mass is 32.2. The van der Waals surface area contributed by atoms with Crippen LogP contribution >= 0.6 is 0 Å². The molecule has 24 heavy (non-hydrogen) atoms. The van der Waals surface area contributed by atoms with Crippen molar-refractivity contribution in [2.75, 3.05) is 5.75 Å². The fourth-order valence-electron chi connectivity index (χ4n) is 3.40. The van der Waals surface area contributed by atoms with Gasteiger partial charge in [-0.15, -0.1) is 0 Å². The van der Waals surface area contributed by atoms with Crippen molar-refractivity contribution in [1.82, 2.24) is 9.97 Å². The van der Waals surface area contributed by atoms with Crippen LogP contribution in [0.15, 0.2) is 59.7 Å². The summed E-state index contributed by atoms with van der Waals surface area (Å²) in [6, 6.07) is 10.1. The molecule has 1 unspecified atom stereocenters. The van der Waals surface area contributed by atoms with Crippen LogP contribution in [0.2, 0.25) is 0 Å². The average Bonchev–Trinajstić information content (AvgIpc) is 3.00. The summed E-state index contributed by atoms with van der Waals surface area (Å²) in [5.41, 5.74) is 3.03. The first kappa shape index (κ1) is 15.1. The monoisotopic (exact) mass is 338 g/mol. The average molecular weight is 338 g/mol. The van der Waals surface area contributed by atoms with Gasteiger partial charge in [0.25, 0.3) is 0 Å². The van der Waals surface area contributed by atoms with Gasteiger partial charge in [-0.2, -0.15) is 0 Å². The second kappa shape index (κ2) is 5.60. The maximum Gasteiger partial charge on any atom is 0.174 e. The van der Waals surface area contributed by atoms with Crippen LogP contribution in [0.5, 0.6) is 0 Å². The Morgan fingerprint density at radius 1 is 1.25 bits per heavy atom. The van der Waals surface area contributed by atoms with E-state index in [0.29, 0.717) is 11.3 Å². The number of fused-ring (bicyclic) bond motifs is 3. The molecule has 4 rings (SSSR count). The number of rotatable bonds is 3. The van der Waals surface area contributed by atoms with E-state index in [1.54, 1.807) is 19.2 Å². The Hall–Kier alpha value is -2.40. The lowest BCUT2D eigenvalue weighted by molar-refractivity contribution is 0.599. The Balaban J connectivity index is 1.86. The van der Waals surface area contributed by atoms with Gasteiger partial charge in [-0.25, -0.2) is 13.4 Å². The molecule has 122 valence electrons. The van der Waals surface area contributed by atoms with E-state index in [1.807, 2.05) is 24.3 Å². The number of hydrogen-bond acceptors (Lipinski definition) is 3. The van der Waals surface area contributed by atoms with Crippen molar-refractivity contribution in [2.24, 2.45) is 0 Å². The minimum absolute atomic E-state index is 0.0502. The summed E-state index contributed by atoms with van der Waals surface area (Å²) in [6.07, 6.45) is 7.96. The number of benzene rings is 1. The zero-order valence-corrected chi connectivity index (χ0v) is 14.2. The van der Waals surface area contributed by atoms with Gasteiger partial charge in [-0.1, -0.05) is 31.2 Å². The Morgan fingerprint density at radius 2 is 2.12 bits per heavy atom. The number of H-pyrrole nitrogens is 1. The van der Waals surface area contributed by atoms with Gasteiger partial charge < -0.3 is 4.98 Å². The molecule has 1 aliphatic rings. The summed E-state index contributed by atoms with van der Waals surface area (Å²) in [7, 11) is -3.15. The Kier molecular flexibility index (Phi) is 3.53. The molecule has 1 atom stereocenters. The number of aromatic nitrogens is 2. The standard InChI is InChI=1S/C19H18N2O2S/c1-2-24(22,23)14-7-3-6-13(12-14)15-8-4-10-17-18(15)16-9-5-11-20-19(16)21-17/h3-11,13H,2,12H2,1H3,(H,20,21). The summed E-state index contributed by atoms with van der Waals surface area (Å²) in [4.78, 5) is 8.25. The van der Waals surface area contributed by atoms with Gasteiger partial charge in [0, 0.05) is 33.3 Å². The zero-order valence-electron chi connectivity index (χ0n) is 13.4. The van der Waals surface area contributed by atoms with Crippen molar-refractivity contribution in [1.29, 1.82) is 0 Å². The van der Waals surface area contributed by atoms with E-state index in [0.717, 1.165) is 27.5 Å². The van der Waals surface area contributed by atoms with Crippen LogP contribution in [0.25, 0.3) is 21.9 Å². The van der Waals surface area contributed by atoms with Crippen LogP contribution in [0.3, 0.4) is 0 Å². The first-order valence-electron chi connectivity index (χ1n) is 8.05. The van der Waals surface area contributed by atoms with E-state index in [2.05, 4.69) is 28.2 Å². The van der Waals surface area contributed by atoms with E-state index in [4.69, 9.17) is 0 Å². The van der Waals surface area contributed by atoms with Crippen LogP contribution in [0, 0.1) is 0 Å². The lowest BCUT2D eigenvalue weighted by Crippen LogP contribution is -2.12. The van der Waals surface area contributed by atoms with Crippen LogP contribution in [0.1, 0.15) is 24.8 Å². The van der Waals surface area contributed by atoms with Crippen molar-refractivity contribution in [3.05, 3.63) is 65.2 Å². The molecule has 0 saturated heterocycles. The van der Waals surface area contributed by atoms with Crippen molar-refractivity contribution < 1.29 is 8.42 Å². The normalized spacial score (nSPS) is 18.2. The number of nitrogens with one attached hydrogen (secondary N) is 1. The van der Waals surface area contributed by atoms with Gasteiger partial charge >= 0.3 is 0 Å². The zero-order chi connectivity index (χ0) is 16.7. The largest absolute Gasteiger partial charge is 0.339 e. The third-order valence-electron chi connectivity index (χ3n) is 4.65. The van der Waals surface area contributed by atoms with Crippen molar-refractivity contribution in [3.63, 3.8) is 0 Å². The smallest absolute Gasteiger partial charge is 0.174 e. The maximum atomic E-state index is 12.2. The summed E-state index contributed by atoms with van der Waals surface area (Å²) < 4.78 is 24.5. The SMILES string of the molecule is CCS(=O)(=O)C1=CC=CC(c2cccc3[nH]c4ncccc4c23)C1. The van der Waals surface area contributed by atoms with Crippen LogP contribution in [-0.4, -0.2) is 24.1 Å². The van der Waals surface area contributed by atoms with Gasteiger partial charge in [0.1, 0.15) is 5.65 Å². The van der Waals surface area contributed by atoms with Crippen molar-refractivity contribution in [3.8, 4) is 0 Å². The minimum Gasteiger partial charge on any atom is -0.339 e. The number of sulfone groups is 1. The van der Waals surface area contributed by atoms with E-state index >= 15 is 0 Å². The van der Waals surface area contributed by atoms with Gasteiger partial charge in [0.05, 0.1) is 5.75 Å². The third kappa shape index (κ3) is 2.36. The lowest BCUT2D eigenvalue weighted by atomic mass is 9.89. The van der Waals surface area contributed by atoms with Crippen LogP contribution in [-0.2, 0) is 9.84 Å². The first-order chi connectivity index (χ1) is 11.6. The molecule has 0 radical (unpaired) electrons. The Bertz CT molecular complexity index is 1090. The van der Waals surface area contributed by atoms with E-state index in [-0.39, 0.29) is 11.7 Å². The van der Waals surface area contributed by atoms with Gasteiger partial charge in [0.15, 0.2) is 9.84 Å². The molecule has 0 amide bonds. The number of pyridine rings is 1. The van der Waals surface area contributed by atoms with E-state index in [1.165, 1.54) is 0 Å². The number of hydrogen-bond donors (Lipinski definition) is 1. The minimum atomic E-state index is -3.15.